The Kier molecular flexibility index (Phi) is 4.77. The highest BCUT2D eigenvalue weighted by Crippen LogP contribution is 2.41. The van der Waals surface area contributed by atoms with E-state index in [4.69, 9.17) is 10.5 Å². The first kappa shape index (κ1) is 14.3. The molecule has 0 bridgehead atoms. The van der Waals surface area contributed by atoms with Gasteiger partial charge in [0.05, 0.1) is 12.1 Å². The van der Waals surface area contributed by atoms with E-state index in [1.165, 1.54) is 18.4 Å². The summed E-state index contributed by atoms with van der Waals surface area (Å²) < 4.78 is 6.00. The van der Waals surface area contributed by atoms with E-state index in [9.17, 15) is 0 Å². The van der Waals surface area contributed by atoms with Gasteiger partial charge in [0.2, 0.25) is 0 Å². The van der Waals surface area contributed by atoms with Crippen molar-refractivity contribution in [2.45, 2.75) is 45.8 Å². The molecule has 1 aromatic rings. The maximum absolute atomic E-state index is 6.10. The summed E-state index contributed by atoms with van der Waals surface area (Å²) in [6.45, 7) is 7.90. The predicted octanol–water partition coefficient (Wildman–Crippen LogP) is 2.44. The summed E-state index contributed by atoms with van der Waals surface area (Å²) in [7, 11) is 0. The Labute approximate surface area is 115 Å². The fourth-order valence-corrected chi connectivity index (χ4v) is 2.72. The van der Waals surface area contributed by atoms with Crippen molar-refractivity contribution < 1.29 is 4.74 Å². The average molecular weight is 263 g/mol. The molecule has 0 aromatic carbocycles. The summed E-state index contributed by atoms with van der Waals surface area (Å²) in [6, 6.07) is 2.16. The molecule has 2 rings (SSSR count). The standard InChI is InChI=1S/C15H25N3O/c1-4-17-13(14(19-5-2)11-6-7-11)12-10(3)8-9-18-15(12)16/h8-9,11,13-14,17H,4-7H2,1-3H3,(H2,16,18). The second-order valence-corrected chi connectivity index (χ2v) is 5.22. The molecule has 4 nitrogen and oxygen atoms in total. The monoisotopic (exact) mass is 263 g/mol. The van der Waals surface area contributed by atoms with Crippen molar-refractivity contribution >= 4 is 5.82 Å². The number of ether oxygens (including phenoxy) is 1. The van der Waals surface area contributed by atoms with Crippen molar-refractivity contribution in [3.05, 3.63) is 23.4 Å². The third kappa shape index (κ3) is 3.25. The molecule has 0 saturated heterocycles. The molecular formula is C15H25N3O. The molecule has 1 aliphatic carbocycles. The summed E-state index contributed by atoms with van der Waals surface area (Å²) in [4.78, 5) is 4.25. The minimum atomic E-state index is 0.145. The highest BCUT2D eigenvalue weighted by molar-refractivity contribution is 5.46. The highest BCUT2D eigenvalue weighted by atomic mass is 16.5. The van der Waals surface area contributed by atoms with Gasteiger partial charge in [-0.05, 0) is 50.8 Å². The number of anilines is 1. The normalized spacial score (nSPS) is 18.3. The molecule has 2 unspecified atom stereocenters. The van der Waals surface area contributed by atoms with Gasteiger partial charge in [0.15, 0.2) is 0 Å². The van der Waals surface area contributed by atoms with Crippen LogP contribution >= 0.6 is 0 Å². The lowest BCUT2D eigenvalue weighted by atomic mass is 9.94. The van der Waals surface area contributed by atoms with Gasteiger partial charge in [0.25, 0.3) is 0 Å². The second kappa shape index (κ2) is 6.35. The van der Waals surface area contributed by atoms with Crippen LogP contribution in [0.3, 0.4) is 0 Å². The van der Waals surface area contributed by atoms with Crippen molar-refractivity contribution in [1.29, 1.82) is 0 Å². The Hall–Kier alpha value is -1.13. The molecule has 2 atom stereocenters. The smallest absolute Gasteiger partial charge is 0.128 e. The number of likely N-dealkylation sites (N-methyl/N-ethyl adjacent to an activating group) is 1. The Bertz CT molecular complexity index is 398. The fourth-order valence-electron chi connectivity index (χ4n) is 2.72. The summed E-state index contributed by atoms with van der Waals surface area (Å²) in [5.74, 6) is 1.28. The van der Waals surface area contributed by atoms with Crippen LogP contribution in [0.25, 0.3) is 0 Å². The van der Waals surface area contributed by atoms with E-state index in [1.54, 1.807) is 6.20 Å². The molecule has 0 amide bonds. The molecular weight excluding hydrogens is 238 g/mol. The number of nitrogens with zero attached hydrogens (tertiary/aromatic N) is 1. The van der Waals surface area contributed by atoms with Crippen LogP contribution in [0.5, 0.6) is 0 Å². The maximum Gasteiger partial charge on any atom is 0.128 e. The van der Waals surface area contributed by atoms with Gasteiger partial charge in [0, 0.05) is 18.4 Å². The van der Waals surface area contributed by atoms with E-state index in [-0.39, 0.29) is 12.1 Å². The van der Waals surface area contributed by atoms with E-state index in [2.05, 4.69) is 31.1 Å². The second-order valence-electron chi connectivity index (χ2n) is 5.22. The fraction of sp³-hybridized carbons (Fsp3) is 0.667. The largest absolute Gasteiger partial charge is 0.383 e. The molecule has 0 radical (unpaired) electrons. The van der Waals surface area contributed by atoms with Crippen LogP contribution in [0, 0.1) is 12.8 Å². The molecule has 1 heterocycles. The van der Waals surface area contributed by atoms with Crippen molar-refractivity contribution in [1.82, 2.24) is 10.3 Å². The minimum Gasteiger partial charge on any atom is -0.383 e. The summed E-state index contributed by atoms with van der Waals surface area (Å²) >= 11 is 0. The first-order chi connectivity index (χ1) is 9.19. The third-order valence-corrected chi connectivity index (χ3v) is 3.75. The number of hydrogen-bond acceptors (Lipinski definition) is 4. The number of pyridine rings is 1. The molecule has 0 spiro atoms. The number of aryl methyl sites for hydroxylation is 1. The van der Waals surface area contributed by atoms with Crippen LogP contribution in [0.2, 0.25) is 0 Å². The Morgan fingerprint density at radius 3 is 2.74 bits per heavy atom. The van der Waals surface area contributed by atoms with Gasteiger partial charge in [-0.3, -0.25) is 0 Å². The molecule has 1 saturated carbocycles. The first-order valence-corrected chi connectivity index (χ1v) is 7.25. The van der Waals surface area contributed by atoms with Crippen molar-refractivity contribution in [2.75, 3.05) is 18.9 Å². The quantitative estimate of drug-likeness (QED) is 0.793. The first-order valence-electron chi connectivity index (χ1n) is 7.25. The van der Waals surface area contributed by atoms with Crippen LogP contribution in [0.1, 0.15) is 43.9 Å². The van der Waals surface area contributed by atoms with Gasteiger partial charge in [0.1, 0.15) is 5.82 Å². The van der Waals surface area contributed by atoms with Crippen LogP contribution in [-0.2, 0) is 4.74 Å². The van der Waals surface area contributed by atoms with Gasteiger partial charge in [-0.15, -0.1) is 0 Å². The van der Waals surface area contributed by atoms with Gasteiger partial charge in [-0.1, -0.05) is 6.92 Å². The van der Waals surface area contributed by atoms with Gasteiger partial charge in [-0.25, -0.2) is 4.98 Å². The van der Waals surface area contributed by atoms with E-state index in [0.717, 1.165) is 18.7 Å². The lowest BCUT2D eigenvalue weighted by molar-refractivity contribution is 0.0189. The van der Waals surface area contributed by atoms with Crippen molar-refractivity contribution in [2.24, 2.45) is 5.92 Å². The Balaban J connectivity index is 2.32. The summed E-state index contributed by atoms with van der Waals surface area (Å²) in [5, 5.41) is 3.54. The lowest BCUT2D eigenvalue weighted by Gasteiger charge is -2.29. The van der Waals surface area contributed by atoms with Crippen LogP contribution in [0.4, 0.5) is 5.82 Å². The summed E-state index contributed by atoms with van der Waals surface area (Å²) in [6.07, 6.45) is 4.48. The topological polar surface area (TPSA) is 60.2 Å². The molecule has 1 aliphatic rings. The van der Waals surface area contributed by atoms with Gasteiger partial charge < -0.3 is 15.8 Å². The number of nitrogens with one attached hydrogen (secondary N) is 1. The number of nitrogens with two attached hydrogens (primary N) is 1. The third-order valence-electron chi connectivity index (χ3n) is 3.75. The summed E-state index contributed by atoms with van der Waals surface area (Å²) in [5.41, 5.74) is 8.39. The maximum atomic E-state index is 6.10. The van der Waals surface area contributed by atoms with Crippen molar-refractivity contribution in [3.63, 3.8) is 0 Å². The Morgan fingerprint density at radius 1 is 1.47 bits per heavy atom. The number of aromatic nitrogens is 1. The van der Waals surface area contributed by atoms with E-state index < -0.39 is 0 Å². The van der Waals surface area contributed by atoms with E-state index in [0.29, 0.717) is 11.7 Å². The predicted molar refractivity (Wildman–Crippen MR) is 77.9 cm³/mol. The highest BCUT2D eigenvalue weighted by Gasteiger charge is 2.38. The average Bonchev–Trinajstić information content (AvgIpc) is 3.19. The van der Waals surface area contributed by atoms with Gasteiger partial charge in [-0.2, -0.15) is 0 Å². The van der Waals surface area contributed by atoms with Crippen LogP contribution in [0.15, 0.2) is 12.3 Å². The molecule has 1 aromatic heterocycles. The number of hydrogen-bond donors (Lipinski definition) is 2. The lowest BCUT2D eigenvalue weighted by Crippen LogP contribution is -2.36. The molecule has 106 valence electrons. The Morgan fingerprint density at radius 2 is 2.21 bits per heavy atom. The molecule has 3 N–H and O–H groups in total. The van der Waals surface area contributed by atoms with E-state index >= 15 is 0 Å². The zero-order valence-corrected chi connectivity index (χ0v) is 12.1. The van der Waals surface area contributed by atoms with Gasteiger partial charge >= 0.3 is 0 Å². The molecule has 0 aliphatic heterocycles. The molecule has 4 heteroatoms. The molecule has 19 heavy (non-hydrogen) atoms. The minimum absolute atomic E-state index is 0.145. The molecule has 1 fully saturated rings. The van der Waals surface area contributed by atoms with Crippen molar-refractivity contribution in [3.8, 4) is 0 Å². The van der Waals surface area contributed by atoms with Crippen LogP contribution in [-0.4, -0.2) is 24.2 Å². The van der Waals surface area contributed by atoms with Crippen LogP contribution < -0.4 is 11.1 Å². The number of rotatable bonds is 7. The zero-order chi connectivity index (χ0) is 13.8. The zero-order valence-electron chi connectivity index (χ0n) is 12.1. The SMILES string of the molecule is CCNC(c1c(C)ccnc1N)C(OCC)C1CC1. The van der Waals surface area contributed by atoms with E-state index in [1.807, 2.05) is 6.07 Å². The number of nitrogen functional groups attached to an aromatic ring is 1.